The zero-order chi connectivity index (χ0) is 19.7. The van der Waals surface area contributed by atoms with Gasteiger partial charge >= 0.3 is 6.03 Å². The van der Waals surface area contributed by atoms with Crippen molar-refractivity contribution >= 4 is 39.4 Å². The lowest BCUT2D eigenvalue weighted by Gasteiger charge is -2.25. The molecule has 146 valence electrons. The highest BCUT2D eigenvalue weighted by Gasteiger charge is 2.52. The fourth-order valence-corrected chi connectivity index (χ4v) is 6.72. The SMILES string of the molecule is CC[C@]1(c2ccccc2)NC(=O)N(NC(=O)CS[C@@H]2CCS(=O)(=O)C2)C1=O. The maximum absolute atomic E-state index is 12.9. The van der Waals surface area contributed by atoms with E-state index in [1.807, 2.05) is 6.07 Å². The molecule has 2 aliphatic rings. The zero-order valence-electron chi connectivity index (χ0n) is 14.8. The molecule has 0 spiro atoms. The fraction of sp³-hybridized carbons (Fsp3) is 0.471. The number of thioether (sulfide) groups is 1. The summed E-state index contributed by atoms with van der Waals surface area (Å²) in [5.41, 5.74) is 1.78. The van der Waals surface area contributed by atoms with Crippen LogP contribution in [0.3, 0.4) is 0 Å². The summed E-state index contributed by atoms with van der Waals surface area (Å²) in [5.74, 6) is -0.895. The molecule has 0 aliphatic carbocycles. The molecule has 1 aromatic rings. The molecule has 2 aliphatic heterocycles. The van der Waals surface area contributed by atoms with E-state index in [9.17, 15) is 22.8 Å². The minimum Gasteiger partial charge on any atom is -0.318 e. The molecular weight excluding hydrogens is 390 g/mol. The third-order valence-corrected chi connectivity index (χ3v) is 8.05. The van der Waals surface area contributed by atoms with Crippen molar-refractivity contribution in [2.45, 2.75) is 30.6 Å². The van der Waals surface area contributed by atoms with Crippen molar-refractivity contribution in [3.05, 3.63) is 35.9 Å². The van der Waals surface area contributed by atoms with E-state index in [1.165, 1.54) is 11.8 Å². The largest absolute Gasteiger partial charge is 0.344 e. The predicted octanol–water partition coefficient (Wildman–Crippen LogP) is 0.795. The van der Waals surface area contributed by atoms with Crippen molar-refractivity contribution < 1.29 is 22.8 Å². The Labute approximate surface area is 161 Å². The van der Waals surface area contributed by atoms with Gasteiger partial charge in [-0.25, -0.2) is 13.2 Å². The van der Waals surface area contributed by atoms with Gasteiger partial charge in [0.2, 0.25) is 5.91 Å². The number of nitrogens with one attached hydrogen (secondary N) is 2. The average molecular weight is 412 g/mol. The maximum Gasteiger partial charge on any atom is 0.344 e. The van der Waals surface area contributed by atoms with Crippen LogP contribution in [0.1, 0.15) is 25.3 Å². The minimum absolute atomic E-state index is 0.0261. The van der Waals surface area contributed by atoms with Crippen LogP contribution in [0, 0.1) is 0 Å². The van der Waals surface area contributed by atoms with Crippen LogP contribution in [0.4, 0.5) is 4.79 Å². The Morgan fingerprint density at radius 1 is 1.33 bits per heavy atom. The summed E-state index contributed by atoms with van der Waals surface area (Å²) in [7, 11) is -3.01. The van der Waals surface area contributed by atoms with Crippen LogP contribution in [-0.4, -0.2) is 53.8 Å². The van der Waals surface area contributed by atoms with Crippen molar-refractivity contribution in [1.29, 1.82) is 0 Å². The smallest absolute Gasteiger partial charge is 0.318 e. The van der Waals surface area contributed by atoms with Crippen LogP contribution < -0.4 is 10.7 Å². The number of hydrogen-bond donors (Lipinski definition) is 2. The molecule has 2 saturated heterocycles. The molecule has 2 fully saturated rings. The first-order valence-corrected chi connectivity index (χ1v) is 11.5. The van der Waals surface area contributed by atoms with Gasteiger partial charge in [0.05, 0.1) is 17.3 Å². The molecule has 0 radical (unpaired) electrons. The monoisotopic (exact) mass is 411 g/mol. The van der Waals surface area contributed by atoms with Crippen molar-refractivity contribution in [3.63, 3.8) is 0 Å². The van der Waals surface area contributed by atoms with Crippen LogP contribution in [0.5, 0.6) is 0 Å². The summed E-state index contributed by atoms with van der Waals surface area (Å²) in [6, 6.07) is 8.19. The van der Waals surface area contributed by atoms with Crippen LogP contribution in [0.25, 0.3) is 0 Å². The third kappa shape index (κ3) is 3.96. The van der Waals surface area contributed by atoms with Gasteiger partial charge in [-0.3, -0.25) is 15.0 Å². The van der Waals surface area contributed by atoms with E-state index >= 15 is 0 Å². The van der Waals surface area contributed by atoms with Crippen molar-refractivity contribution in [2.24, 2.45) is 0 Å². The summed E-state index contributed by atoms with van der Waals surface area (Å²) >= 11 is 1.22. The van der Waals surface area contributed by atoms with Gasteiger partial charge in [0.15, 0.2) is 9.84 Å². The maximum atomic E-state index is 12.9. The van der Waals surface area contributed by atoms with Crippen molar-refractivity contribution in [1.82, 2.24) is 15.8 Å². The Morgan fingerprint density at radius 2 is 2.04 bits per heavy atom. The van der Waals surface area contributed by atoms with Gasteiger partial charge in [-0.1, -0.05) is 37.3 Å². The van der Waals surface area contributed by atoms with Crippen LogP contribution >= 0.6 is 11.8 Å². The quantitative estimate of drug-likeness (QED) is 0.670. The molecule has 0 saturated carbocycles. The molecule has 0 bridgehead atoms. The Bertz CT molecular complexity index is 859. The highest BCUT2D eigenvalue weighted by molar-refractivity contribution is 8.02. The number of imide groups is 1. The molecule has 0 unspecified atom stereocenters. The molecule has 0 aromatic heterocycles. The molecule has 27 heavy (non-hydrogen) atoms. The second-order valence-corrected chi connectivity index (χ2v) is 10.1. The molecule has 2 heterocycles. The summed E-state index contributed by atoms with van der Waals surface area (Å²) < 4.78 is 22.9. The second-order valence-electron chi connectivity index (χ2n) is 6.57. The van der Waals surface area contributed by atoms with Gasteiger partial charge in [0, 0.05) is 5.25 Å². The molecule has 8 nitrogen and oxygen atoms in total. The first-order chi connectivity index (χ1) is 12.8. The normalized spacial score (nSPS) is 26.9. The molecule has 2 N–H and O–H groups in total. The lowest BCUT2D eigenvalue weighted by atomic mass is 9.87. The van der Waals surface area contributed by atoms with Crippen molar-refractivity contribution in [3.8, 4) is 0 Å². The average Bonchev–Trinajstić information content (AvgIpc) is 3.12. The van der Waals surface area contributed by atoms with Crippen molar-refractivity contribution in [2.75, 3.05) is 17.3 Å². The van der Waals surface area contributed by atoms with Crippen LogP contribution in [0.2, 0.25) is 0 Å². The Balaban J connectivity index is 1.64. The molecule has 4 amide bonds. The molecule has 3 rings (SSSR count). The van der Waals surface area contributed by atoms with Gasteiger partial charge in [0.1, 0.15) is 5.54 Å². The Morgan fingerprint density at radius 3 is 2.63 bits per heavy atom. The number of carbonyl (C=O) groups excluding carboxylic acids is 3. The minimum atomic E-state index is -3.01. The van der Waals surface area contributed by atoms with E-state index in [4.69, 9.17) is 0 Å². The van der Waals surface area contributed by atoms with Crippen LogP contribution in [-0.2, 0) is 25.0 Å². The van der Waals surface area contributed by atoms with Gasteiger partial charge in [-0.15, -0.1) is 11.8 Å². The first-order valence-electron chi connectivity index (χ1n) is 8.61. The van der Waals surface area contributed by atoms with Gasteiger partial charge in [-0.2, -0.15) is 5.01 Å². The summed E-state index contributed by atoms with van der Waals surface area (Å²) in [6.07, 6.45) is 0.846. The number of amides is 4. The molecule has 2 atom stereocenters. The summed E-state index contributed by atoms with van der Waals surface area (Å²) in [6.45, 7) is 1.78. The highest BCUT2D eigenvalue weighted by Crippen LogP contribution is 2.31. The van der Waals surface area contributed by atoms with E-state index in [1.54, 1.807) is 31.2 Å². The second kappa shape index (κ2) is 7.51. The zero-order valence-corrected chi connectivity index (χ0v) is 16.4. The number of urea groups is 1. The Kier molecular flexibility index (Phi) is 5.48. The van der Waals surface area contributed by atoms with Gasteiger partial charge in [0.25, 0.3) is 5.91 Å². The standard InChI is InChI=1S/C17H21N3O5S2/c1-2-17(12-6-4-3-5-7-12)15(22)20(16(23)18-17)19-14(21)10-26-13-8-9-27(24,25)11-13/h3-7,13H,2,8-11H2,1H3,(H,18,23)(H,19,21)/t13-,17-/m1/s1. The topological polar surface area (TPSA) is 113 Å². The number of sulfone groups is 1. The number of nitrogens with zero attached hydrogens (tertiary/aromatic N) is 1. The van der Waals surface area contributed by atoms with E-state index in [-0.39, 0.29) is 22.5 Å². The van der Waals surface area contributed by atoms with E-state index in [0.29, 0.717) is 23.4 Å². The number of hydrazine groups is 1. The first kappa shape index (κ1) is 19.7. The highest BCUT2D eigenvalue weighted by atomic mass is 32.2. The predicted molar refractivity (Wildman–Crippen MR) is 101 cm³/mol. The molecule has 10 heteroatoms. The van der Waals surface area contributed by atoms with E-state index in [2.05, 4.69) is 10.7 Å². The number of carbonyl (C=O) groups is 3. The lowest BCUT2D eigenvalue weighted by molar-refractivity contribution is -0.138. The van der Waals surface area contributed by atoms with E-state index in [0.717, 1.165) is 0 Å². The number of benzene rings is 1. The summed E-state index contributed by atoms with van der Waals surface area (Å²) in [4.78, 5) is 37.4. The van der Waals surface area contributed by atoms with Gasteiger partial charge in [-0.05, 0) is 18.4 Å². The lowest BCUT2D eigenvalue weighted by Crippen LogP contribution is -2.49. The fourth-order valence-electron chi connectivity index (χ4n) is 3.28. The number of rotatable bonds is 6. The number of hydrogen-bond acceptors (Lipinski definition) is 6. The van der Waals surface area contributed by atoms with E-state index < -0.39 is 33.2 Å². The third-order valence-electron chi connectivity index (χ3n) is 4.77. The summed E-state index contributed by atoms with van der Waals surface area (Å²) in [5, 5.41) is 3.26. The molecular formula is C17H21N3O5S2. The van der Waals surface area contributed by atoms with Gasteiger partial charge < -0.3 is 5.32 Å². The Hall–Kier alpha value is -2.07. The van der Waals surface area contributed by atoms with Crippen LogP contribution in [0.15, 0.2) is 30.3 Å². The molecule has 1 aromatic carbocycles.